The van der Waals surface area contributed by atoms with Crippen molar-refractivity contribution in [3.8, 4) is 0 Å². The zero-order valence-electron chi connectivity index (χ0n) is 13.3. The third-order valence-electron chi connectivity index (χ3n) is 2.95. The van der Waals surface area contributed by atoms with E-state index < -0.39 is 8.80 Å². The van der Waals surface area contributed by atoms with Gasteiger partial charge in [-0.2, -0.15) is 0 Å². The summed E-state index contributed by atoms with van der Waals surface area (Å²) in [4.78, 5) is 0. The van der Waals surface area contributed by atoms with Gasteiger partial charge in [-0.1, -0.05) is 6.58 Å². The number of hydrogen-bond acceptors (Lipinski definition) is 6. The van der Waals surface area contributed by atoms with Gasteiger partial charge in [-0.05, 0) is 45.7 Å². The third-order valence-corrected chi connectivity index (χ3v) is 5.65. The average Bonchev–Trinajstić information content (AvgIpc) is 2.39. The molecule has 0 rings (SSSR count). The summed E-state index contributed by atoms with van der Waals surface area (Å²) in [6.07, 6.45) is 0.709. The van der Waals surface area contributed by atoms with E-state index >= 15 is 0 Å². The molecule has 3 unspecified atom stereocenters. The van der Waals surface area contributed by atoms with Crippen LogP contribution in [0.15, 0.2) is 12.3 Å². The Labute approximate surface area is 128 Å². The second-order valence-corrected chi connectivity index (χ2v) is 7.45. The molecule has 0 saturated carbocycles. The summed E-state index contributed by atoms with van der Waals surface area (Å²) < 4.78 is 17.7. The Balaban J connectivity index is 4.93. The van der Waals surface area contributed by atoms with Crippen LogP contribution in [0.1, 0.15) is 40.0 Å². The predicted octanol–water partition coefficient (Wildman–Crippen LogP) is 1.01. The van der Waals surface area contributed by atoms with Gasteiger partial charge >= 0.3 is 8.80 Å². The van der Waals surface area contributed by atoms with Gasteiger partial charge in [0, 0.05) is 38.1 Å². The molecule has 7 heteroatoms. The molecule has 126 valence electrons. The minimum atomic E-state index is -3.14. The van der Waals surface area contributed by atoms with Crippen LogP contribution in [-0.2, 0) is 13.3 Å². The summed E-state index contributed by atoms with van der Waals surface area (Å²) in [7, 11) is -3.14. The summed E-state index contributed by atoms with van der Waals surface area (Å²) in [6.45, 7) is 9.32. The molecule has 0 heterocycles. The fourth-order valence-electron chi connectivity index (χ4n) is 1.79. The molecule has 3 N–H and O–H groups in total. The summed E-state index contributed by atoms with van der Waals surface area (Å²) in [5.74, 6) is 0. The lowest BCUT2D eigenvalue weighted by atomic mass is 10.3. The molecule has 0 aliphatic rings. The molecule has 0 amide bonds. The van der Waals surface area contributed by atoms with Crippen molar-refractivity contribution in [1.82, 2.24) is 0 Å². The van der Waals surface area contributed by atoms with Gasteiger partial charge in [-0.3, -0.25) is 0 Å². The molecule has 0 aromatic heterocycles. The van der Waals surface area contributed by atoms with Gasteiger partial charge in [-0.25, -0.2) is 0 Å². The highest BCUT2D eigenvalue weighted by Crippen LogP contribution is 2.21. The Morgan fingerprint density at radius 2 is 1.10 bits per heavy atom. The highest BCUT2D eigenvalue weighted by Gasteiger charge is 2.42. The van der Waals surface area contributed by atoms with E-state index in [1.807, 2.05) is 20.8 Å². The van der Waals surface area contributed by atoms with Crippen molar-refractivity contribution in [2.75, 3.05) is 19.8 Å². The third kappa shape index (κ3) is 8.67. The molecular formula is C14H30O6Si. The molecule has 6 nitrogen and oxygen atoms in total. The van der Waals surface area contributed by atoms with Crippen molar-refractivity contribution in [3.05, 3.63) is 12.3 Å². The Hall–Kier alpha value is -0.283. The van der Waals surface area contributed by atoms with Crippen molar-refractivity contribution in [2.45, 2.75) is 58.3 Å². The van der Waals surface area contributed by atoms with Crippen LogP contribution >= 0.6 is 0 Å². The number of hydrogen-bond donors (Lipinski definition) is 3. The second-order valence-electron chi connectivity index (χ2n) is 5.13. The minimum absolute atomic E-state index is 0.0151. The zero-order valence-corrected chi connectivity index (χ0v) is 14.3. The number of rotatable bonds is 13. The van der Waals surface area contributed by atoms with E-state index in [0.717, 1.165) is 0 Å². The molecule has 0 bridgehead atoms. The maximum Gasteiger partial charge on any atom is 0.529 e. The highest BCUT2D eigenvalue weighted by atomic mass is 28.4. The average molecular weight is 322 g/mol. The normalized spacial score (nSPS) is 18.8. The van der Waals surface area contributed by atoms with Crippen molar-refractivity contribution in [3.63, 3.8) is 0 Å². The van der Waals surface area contributed by atoms with Gasteiger partial charge in [-0.15, -0.1) is 0 Å². The summed E-state index contributed by atoms with van der Waals surface area (Å²) in [5.41, 5.74) is 1.56. The van der Waals surface area contributed by atoms with Crippen LogP contribution in [0.3, 0.4) is 0 Å². The van der Waals surface area contributed by atoms with Crippen LogP contribution in [0.25, 0.3) is 0 Å². The number of aliphatic hydroxyl groups excluding tert-OH is 3. The molecule has 3 atom stereocenters. The van der Waals surface area contributed by atoms with Gasteiger partial charge < -0.3 is 28.6 Å². The second kappa shape index (κ2) is 11.3. The Kier molecular flexibility index (Phi) is 11.2. The van der Waals surface area contributed by atoms with Crippen LogP contribution in [0.2, 0.25) is 0 Å². The van der Waals surface area contributed by atoms with E-state index in [1.165, 1.54) is 0 Å². The molecule has 21 heavy (non-hydrogen) atoms. The smallest absolute Gasteiger partial charge is 0.396 e. The maximum absolute atomic E-state index is 9.00. The van der Waals surface area contributed by atoms with Crippen LogP contribution in [0, 0.1) is 0 Å². The predicted molar refractivity (Wildman–Crippen MR) is 82.7 cm³/mol. The van der Waals surface area contributed by atoms with Gasteiger partial charge in [0.1, 0.15) is 0 Å². The van der Waals surface area contributed by atoms with Crippen LogP contribution in [0.5, 0.6) is 0 Å². The Morgan fingerprint density at radius 3 is 1.29 bits per heavy atom. The molecule has 0 spiro atoms. The molecule has 0 aliphatic heterocycles. The van der Waals surface area contributed by atoms with Crippen molar-refractivity contribution >= 4 is 8.80 Å². The first-order valence-corrected chi connectivity index (χ1v) is 9.22. The largest absolute Gasteiger partial charge is 0.529 e. The SMILES string of the molecule is C=C[Si](OC(C)CCO)(OC(C)CCO)OC(C)CCO. The van der Waals surface area contributed by atoms with Gasteiger partial charge in [0.2, 0.25) is 0 Å². The Morgan fingerprint density at radius 1 is 0.810 bits per heavy atom. The van der Waals surface area contributed by atoms with E-state index in [-0.39, 0.29) is 38.1 Å². The quantitative estimate of drug-likeness (QED) is 0.439. The van der Waals surface area contributed by atoms with E-state index in [0.29, 0.717) is 19.3 Å². The van der Waals surface area contributed by atoms with Crippen LogP contribution < -0.4 is 0 Å². The van der Waals surface area contributed by atoms with E-state index in [2.05, 4.69) is 6.58 Å². The van der Waals surface area contributed by atoms with Crippen LogP contribution in [0.4, 0.5) is 0 Å². The monoisotopic (exact) mass is 322 g/mol. The first kappa shape index (κ1) is 20.7. The van der Waals surface area contributed by atoms with E-state index in [4.69, 9.17) is 28.6 Å². The van der Waals surface area contributed by atoms with Gasteiger partial charge in [0.05, 0.1) is 0 Å². The summed E-state index contributed by atoms with van der Waals surface area (Å²) in [5, 5.41) is 27.0. The Bertz CT molecular complexity index is 240. The van der Waals surface area contributed by atoms with E-state index in [1.54, 1.807) is 5.70 Å². The minimum Gasteiger partial charge on any atom is -0.396 e. The molecule has 0 aromatic rings. The first-order valence-electron chi connectivity index (χ1n) is 7.42. The molecule has 0 fully saturated rings. The van der Waals surface area contributed by atoms with Crippen LogP contribution in [-0.4, -0.2) is 62.3 Å². The first-order chi connectivity index (χ1) is 9.92. The molecule has 0 radical (unpaired) electrons. The molecule has 0 saturated heterocycles. The molecule has 0 aliphatic carbocycles. The lowest BCUT2D eigenvalue weighted by Gasteiger charge is -2.34. The lowest BCUT2D eigenvalue weighted by molar-refractivity contribution is -0.0117. The van der Waals surface area contributed by atoms with Gasteiger partial charge in [0.15, 0.2) is 0 Å². The standard InChI is InChI=1S/C14H30O6Si/c1-5-21(18-12(2)6-9-15,19-13(3)7-10-16)20-14(4)8-11-17/h5,12-17H,1,6-11H2,2-4H3. The molecular weight excluding hydrogens is 292 g/mol. The van der Waals surface area contributed by atoms with Crippen molar-refractivity contribution < 1.29 is 28.6 Å². The van der Waals surface area contributed by atoms with Crippen molar-refractivity contribution in [2.24, 2.45) is 0 Å². The fraction of sp³-hybridized carbons (Fsp3) is 0.857. The van der Waals surface area contributed by atoms with E-state index in [9.17, 15) is 0 Å². The maximum atomic E-state index is 9.00. The highest BCUT2D eigenvalue weighted by molar-refractivity contribution is 6.66. The number of aliphatic hydroxyl groups is 3. The topological polar surface area (TPSA) is 88.4 Å². The lowest BCUT2D eigenvalue weighted by Crippen LogP contribution is -2.50. The zero-order chi connectivity index (χ0) is 16.3. The van der Waals surface area contributed by atoms with Crippen molar-refractivity contribution in [1.29, 1.82) is 0 Å². The van der Waals surface area contributed by atoms with Gasteiger partial charge in [0.25, 0.3) is 0 Å². The summed E-state index contributed by atoms with van der Waals surface area (Å²) in [6, 6.07) is 0. The molecule has 0 aromatic carbocycles. The fourth-order valence-corrected chi connectivity index (χ4v) is 4.28. The summed E-state index contributed by atoms with van der Waals surface area (Å²) >= 11 is 0.